The Morgan fingerprint density at radius 2 is 2.00 bits per heavy atom. The van der Waals surface area contributed by atoms with Gasteiger partial charge in [-0.1, -0.05) is 18.2 Å². The van der Waals surface area contributed by atoms with Crippen molar-refractivity contribution in [3.05, 3.63) is 53.5 Å². The van der Waals surface area contributed by atoms with E-state index in [1.54, 1.807) is 19.1 Å². The standard InChI is InChI=1S/C14H16N2O2/c1-9-7-8-13(18-9)14(17)16-12-6-4-3-5-11(12)10(2)15/h3-8,10H,15H2,1-2H3,(H,16,17). The molecule has 94 valence electrons. The molecule has 0 aliphatic heterocycles. The molecule has 1 aromatic carbocycles. The molecule has 1 unspecified atom stereocenters. The number of para-hydroxylation sites is 1. The van der Waals surface area contributed by atoms with Crippen LogP contribution in [0.15, 0.2) is 40.8 Å². The van der Waals surface area contributed by atoms with Crippen LogP contribution in [-0.4, -0.2) is 5.91 Å². The molecule has 0 aliphatic rings. The van der Waals surface area contributed by atoms with Gasteiger partial charge in [-0.25, -0.2) is 0 Å². The van der Waals surface area contributed by atoms with Crippen molar-refractivity contribution in [2.24, 2.45) is 5.73 Å². The molecular weight excluding hydrogens is 228 g/mol. The lowest BCUT2D eigenvalue weighted by molar-refractivity contribution is 0.0995. The third-order valence-electron chi connectivity index (χ3n) is 2.66. The van der Waals surface area contributed by atoms with Crippen molar-refractivity contribution >= 4 is 11.6 Å². The summed E-state index contributed by atoms with van der Waals surface area (Å²) in [5, 5.41) is 2.81. The molecule has 4 heteroatoms. The molecule has 0 radical (unpaired) electrons. The lowest BCUT2D eigenvalue weighted by Crippen LogP contribution is -2.15. The van der Waals surface area contributed by atoms with E-state index in [-0.39, 0.29) is 11.9 Å². The van der Waals surface area contributed by atoms with Crippen LogP contribution < -0.4 is 11.1 Å². The molecule has 3 N–H and O–H groups in total. The lowest BCUT2D eigenvalue weighted by atomic mass is 10.1. The Labute approximate surface area is 106 Å². The molecule has 2 rings (SSSR count). The number of hydrogen-bond acceptors (Lipinski definition) is 3. The molecule has 1 heterocycles. The molecule has 18 heavy (non-hydrogen) atoms. The first-order valence-electron chi connectivity index (χ1n) is 5.80. The highest BCUT2D eigenvalue weighted by Crippen LogP contribution is 2.21. The number of anilines is 1. The Morgan fingerprint density at radius 3 is 2.61 bits per heavy atom. The average Bonchev–Trinajstić information content (AvgIpc) is 2.76. The predicted molar refractivity (Wildman–Crippen MR) is 70.4 cm³/mol. The average molecular weight is 244 g/mol. The molecule has 2 aromatic rings. The number of amides is 1. The molecule has 0 saturated carbocycles. The van der Waals surface area contributed by atoms with Gasteiger partial charge in [0, 0.05) is 11.7 Å². The zero-order valence-electron chi connectivity index (χ0n) is 10.4. The van der Waals surface area contributed by atoms with Crippen molar-refractivity contribution in [3.8, 4) is 0 Å². The third kappa shape index (κ3) is 2.60. The Bertz CT molecular complexity index is 558. The van der Waals surface area contributed by atoms with Crippen molar-refractivity contribution < 1.29 is 9.21 Å². The van der Waals surface area contributed by atoms with Crippen LogP contribution in [0.5, 0.6) is 0 Å². The van der Waals surface area contributed by atoms with Crippen LogP contribution in [0.4, 0.5) is 5.69 Å². The summed E-state index contributed by atoms with van der Waals surface area (Å²) in [4.78, 5) is 12.0. The zero-order valence-corrected chi connectivity index (χ0v) is 10.4. The van der Waals surface area contributed by atoms with E-state index in [1.807, 2.05) is 31.2 Å². The van der Waals surface area contributed by atoms with Gasteiger partial charge in [0.2, 0.25) is 0 Å². The van der Waals surface area contributed by atoms with Gasteiger partial charge in [0.25, 0.3) is 5.91 Å². The van der Waals surface area contributed by atoms with Crippen LogP contribution in [-0.2, 0) is 0 Å². The summed E-state index contributed by atoms with van der Waals surface area (Å²) in [5.74, 6) is 0.740. The minimum absolute atomic E-state index is 0.139. The van der Waals surface area contributed by atoms with Crippen molar-refractivity contribution in [2.45, 2.75) is 19.9 Å². The Hall–Kier alpha value is -2.07. The van der Waals surface area contributed by atoms with Gasteiger partial charge < -0.3 is 15.5 Å². The Balaban J connectivity index is 2.22. The van der Waals surface area contributed by atoms with E-state index in [2.05, 4.69) is 5.32 Å². The summed E-state index contributed by atoms with van der Waals surface area (Å²) >= 11 is 0. The first-order chi connectivity index (χ1) is 8.58. The van der Waals surface area contributed by atoms with Crippen molar-refractivity contribution in [2.75, 3.05) is 5.32 Å². The maximum absolute atomic E-state index is 12.0. The maximum Gasteiger partial charge on any atom is 0.291 e. The number of nitrogens with two attached hydrogens (primary N) is 1. The number of benzene rings is 1. The topological polar surface area (TPSA) is 68.3 Å². The molecule has 4 nitrogen and oxygen atoms in total. The number of aryl methyl sites for hydroxylation is 1. The number of carbonyl (C=O) groups is 1. The van der Waals surface area contributed by atoms with Crippen LogP contribution >= 0.6 is 0 Å². The maximum atomic E-state index is 12.0. The van der Waals surface area contributed by atoms with E-state index in [9.17, 15) is 4.79 Å². The molecule has 1 amide bonds. The van der Waals surface area contributed by atoms with Gasteiger partial charge in [-0.15, -0.1) is 0 Å². The first kappa shape index (κ1) is 12.4. The highest BCUT2D eigenvalue weighted by molar-refractivity contribution is 6.02. The summed E-state index contributed by atoms with van der Waals surface area (Å²) in [6.07, 6.45) is 0. The first-order valence-corrected chi connectivity index (χ1v) is 5.80. The second-order valence-electron chi connectivity index (χ2n) is 4.24. The van der Waals surface area contributed by atoms with Crippen molar-refractivity contribution in [3.63, 3.8) is 0 Å². The number of furan rings is 1. The molecule has 0 fully saturated rings. The van der Waals surface area contributed by atoms with Crippen LogP contribution in [0.1, 0.15) is 34.8 Å². The van der Waals surface area contributed by atoms with Crippen LogP contribution in [0, 0.1) is 6.92 Å². The van der Waals surface area contributed by atoms with E-state index in [0.29, 0.717) is 17.2 Å². The smallest absolute Gasteiger partial charge is 0.291 e. The minimum atomic E-state index is -0.267. The molecule has 0 bridgehead atoms. The second-order valence-corrected chi connectivity index (χ2v) is 4.24. The predicted octanol–water partition coefficient (Wildman–Crippen LogP) is 2.86. The lowest BCUT2D eigenvalue weighted by Gasteiger charge is -2.12. The number of carbonyl (C=O) groups excluding carboxylic acids is 1. The number of hydrogen-bond donors (Lipinski definition) is 2. The molecular formula is C14H16N2O2. The Kier molecular flexibility index (Phi) is 3.48. The van der Waals surface area contributed by atoms with Crippen LogP contribution in [0.3, 0.4) is 0 Å². The van der Waals surface area contributed by atoms with E-state index in [4.69, 9.17) is 10.2 Å². The van der Waals surface area contributed by atoms with Gasteiger partial charge in [0.15, 0.2) is 5.76 Å². The summed E-state index contributed by atoms with van der Waals surface area (Å²) in [6, 6.07) is 10.7. The van der Waals surface area contributed by atoms with Crippen LogP contribution in [0.25, 0.3) is 0 Å². The highest BCUT2D eigenvalue weighted by atomic mass is 16.3. The molecule has 1 atom stereocenters. The largest absolute Gasteiger partial charge is 0.456 e. The van der Waals surface area contributed by atoms with Crippen molar-refractivity contribution in [1.29, 1.82) is 0 Å². The number of nitrogens with one attached hydrogen (secondary N) is 1. The second kappa shape index (κ2) is 5.06. The quantitative estimate of drug-likeness (QED) is 0.872. The molecule has 0 spiro atoms. The summed E-state index contributed by atoms with van der Waals surface area (Å²) < 4.78 is 5.27. The molecule has 0 saturated heterocycles. The van der Waals surface area contributed by atoms with Gasteiger partial charge in [0.05, 0.1) is 0 Å². The SMILES string of the molecule is Cc1ccc(C(=O)Nc2ccccc2C(C)N)o1. The Morgan fingerprint density at radius 1 is 1.28 bits per heavy atom. The molecule has 1 aromatic heterocycles. The van der Waals surface area contributed by atoms with Gasteiger partial charge in [0.1, 0.15) is 5.76 Å². The van der Waals surface area contributed by atoms with Gasteiger partial charge in [-0.05, 0) is 37.6 Å². The van der Waals surface area contributed by atoms with Gasteiger partial charge in [-0.3, -0.25) is 4.79 Å². The monoisotopic (exact) mass is 244 g/mol. The van der Waals surface area contributed by atoms with Crippen molar-refractivity contribution in [1.82, 2.24) is 0 Å². The minimum Gasteiger partial charge on any atom is -0.456 e. The fourth-order valence-corrected chi connectivity index (χ4v) is 1.75. The normalized spacial score (nSPS) is 12.2. The van der Waals surface area contributed by atoms with Gasteiger partial charge in [-0.2, -0.15) is 0 Å². The van der Waals surface area contributed by atoms with E-state index in [0.717, 1.165) is 5.56 Å². The summed E-state index contributed by atoms with van der Waals surface area (Å²) in [7, 11) is 0. The molecule has 0 aliphatic carbocycles. The summed E-state index contributed by atoms with van der Waals surface area (Å²) in [6.45, 7) is 3.68. The zero-order chi connectivity index (χ0) is 13.1. The van der Waals surface area contributed by atoms with Gasteiger partial charge >= 0.3 is 0 Å². The number of rotatable bonds is 3. The fraction of sp³-hybridized carbons (Fsp3) is 0.214. The van der Waals surface area contributed by atoms with Crippen LogP contribution in [0.2, 0.25) is 0 Å². The van der Waals surface area contributed by atoms with E-state index in [1.165, 1.54) is 0 Å². The fourth-order valence-electron chi connectivity index (χ4n) is 1.75. The van der Waals surface area contributed by atoms with E-state index < -0.39 is 0 Å². The van der Waals surface area contributed by atoms with E-state index >= 15 is 0 Å². The third-order valence-corrected chi connectivity index (χ3v) is 2.66. The highest BCUT2D eigenvalue weighted by Gasteiger charge is 2.13. The summed E-state index contributed by atoms with van der Waals surface area (Å²) in [5.41, 5.74) is 7.47.